The van der Waals surface area contributed by atoms with Crippen LogP contribution in [0, 0.1) is 0 Å². The van der Waals surface area contributed by atoms with E-state index in [2.05, 4.69) is 10.6 Å². The number of benzene rings is 1. The average molecular weight is 298 g/mol. The number of cyclic esters (lactones) is 1. The standard InChI is InChI=1S/C13H9F3N2O3/c14-13(15,16)7-4-2-1-3-6(7)10-9-8(5-21-11(9)19)17-12(20)18-10/h1-4,10H,5H2,(H2,17,18,20)/t10-/m1/s1. The summed E-state index contributed by atoms with van der Waals surface area (Å²) in [5.41, 5.74) is -0.882. The quantitative estimate of drug-likeness (QED) is 0.778. The van der Waals surface area contributed by atoms with Crippen molar-refractivity contribution in [1.82, 2.24) is 10.6 Å². The molecule has 0 unspecified atom stereocenters. The zero-order valence-corrected chi connectivity index (χ0v) is 10.5. The largest absolute Gasteiger partial charge is 0.456 e. The first-order chi connectivity index (χ1) is 9.88. The highest BCUT2D eigenvalue weighted by Crippen LogP contribution is 2.39. The molecule has 3 rings (SSSR count). The van der Waals surface area contributed by atoms with Crippen molar-refractivity contribution in [3.8, 4) is 0 Å². The predicted octanol–water partition coefficient (Wildman–Crippen LogP) is 1.87. The summed E-state index contributed by atoms with van der Waals surface area (Å²) in [5, 5.41) is 4.71. The molecule has 1 aromatic rings. The monoisotopic (exact) mass is 298 g/mol. The van der Waals surface area contributed by atoms with Crippen LogP contribution in [0.25, 0.3) is 0 Å². The van der Waals surface area contributed by atoms with E-state index in [9.17, 15) is 22.8 Å². The number of esters is 1. The first-order valence-corrected chi connectivity index (χ1v) is 6.01. The first-order valence-electron chi connectivity index (χ1n) is 6.01. The van der Waals surface area contributed by atoms with E-state index in [4.69, 9.17) is 4.74 Å². The minimum Gasteiger partial charge on any atom is -0.456 e. The number of carbonyl (C=O) groups excluding carboxylic acids is 2. The number of hydrogen-bond acceptors (Lipinski definition) is 3. The normalized spacial score (nSPS) is 21.6. The Kier molecular flexibility index (Phi) is 2.89. The molecule has 2 amide bonds. The Hall–Kier alpha value is -2.51. The van der Waals surface area contributed by atoms with E-state index in [1.807, 2.05) is 0 Å². The van der Waals surface area contributed by atoms with Gasteiger partial charge in [0.25, 0.3) is 0 Å². The summed E-state index contributed by atoms with van der Waals surface area (Å²) in [7, 11) is 0. The molecule has 0 radical (unpaired) electrons. The number of rotatable bonds is 1. The number of ether oxygens (including phenoxy) is 1. The molecule has 0 saturated carbocycles. The minimum absolute atomic E-state index is 0.00583. The number of halogens is 3. The topological polar surface area (TPSA) is 67.4 Å². The van der Waals surface area contributed by atoms with Crippen molar-refractivity contribution in [2.24, 2.45) is 0 Å². The molecule has 8 heteroatoms. The van der Waals surface area contributed by atoms with Crippen molar-refractivity contribution >= 4 is 12.0 Å². The lowest BCUT2D eigenvalue weighted by Crippen LogP contribution is -2.44. The molecule has 110 valence electrons. The van der Waals surface area contributed by atoms with Crippen LogP contribution in [0.5, 0.6) is 0 Å². The van der Waals surface area contributed by atoms with Gasteiger partial charge in [0.2, 0.25) is 0 Å². The van der Waals surface area contributed by atoms with Crippen molar-refractivity contribution in [1.29, 1.82) is 0 Å². The van der Waals surface area contributed by atoms with E-state index < -0.39 is 29.8 Å². The maximum Gasteiger partial charge on any atom is 0.416 e. The van der Waals surface area contributed by atoms with Gasteiger partial charge in [-0.1, -0.05) is 18.2 Å². The minimum atomic E-state index is -4.59. The van der Waals surface area contributed by atoms with Gasteiger partial charge in [0.15, 0.2) is 0 Å². The zero-order valence-electron chi connectivity index (χ0n) is 10.5. The third-order valence-electron chi connectivity index (χ3n) is 3.30. The van der Waals surface area contributed by atoms with Gasteiger partial charge in [0, 0.05) is 0 Å². The van der Waals surface area contributed by atoms with E-state index in [1.165, 1.54) is 18.2 Å². The van der Waals surface area contributed by atoms with E-state index >= 15 is 0 Å². The maximum atomic E-state index is 13.1. The van der Waals surface area contributed by atoms with Crippen LogP contribution in [-0.2, 0) is 15.7 Å². The molecular formula is C13H9F3N2O3. The highest BCUT2D eigenvalue weighted by molar-refractivity contribution is 5.97. The summed E-state index contributed by atoms with van der Waals surface area (Å²) in [6, 6.07) is 2.95. The molecule has 2 heterocycles. The molecule has 0 aromatic heterocycles. The molecule has 0 saturated heterocycles. The van der Waals surface area contributed by atoms with E-state index in [0.717, 1.165) is 6.07 Å². The molecule has 2 N–H and O–H groups in total. The Morgan fingerprint density at radius 1 is 1.19 bits per heavy atom. The Labute approximate surface area is 116 Å². The average Bonchev–Trinajstić information content (AvgIpc) is 2.78. The fourth-order valence-electron chi connectivity index (χ4n) is 2.43. The second-order valence-electron chi connectivity index (χ2n) is 4.58. The molecule has 0 aliphatic carbocycles. The predicted molar refractivity (Wildman–Crippen MR) is 63.8 cm³/mol. The van der Waals surface area contributed by atoms with Crippen molar-refractivity contribution in [3.63, 3.8) is 0 Å². The molecule has 2 aliphatic rings. The molecule has 5 nitrogen and oxygen atoms in total. The second-order valence-corrected chi connectivity index (χ2v) is 4.58. The summed E-state index contributed by atoms with van der Waals surface area (Å²) >= 11 is 0. The van der Waals surface area contributed by atoms with E-state index in [1.54, 1.807) is 0 Å². The highest BCUT2D eigenvalue weighted by atomic mass is 19.4. The number of alkyl halides is 3. The van der Waals surface area contributed by atoms with Crippen LogP contribution < -0.4 is 10.6 Å². The van der Waals surface area contributed by atoms with Crippen LogP contribution in [0.15, 0.2) is 35.5 Å². The number of hydrogen-bond donors (Lipinski definition) is 2. The lowest BCUT2D eigenvalue weighted by Gasteiger charge is -2.26. The van der Waals surface area contributed by atoms with E-state index in [-0.39, 0.29) is 23.4 Å². The van der Waals surface area contributed by atoms with Crippen molar-refractivity contribution in [3.05, 3.63) is 46.7 Å². The summed E-state index contributed by atoms with van der Waals surface area (Å²) < 4.78 is 44.0. The van der Waals surface area contributed by atoms with Gasteiger partial charge in [0.1, 0.15) is 6.61 Å². The van der Waals surface area contributed by atoms with Gasteiger partial charge in [-0.3, -0.25) is 0 Å². The van der Waals surface area contributed by atoms with Crippen LogP contribution in [0.3, 0.4) is 0 Å². The summed E-state index contributed by atoms with van der Waals surface area (Å²) in [6.07, 6.45) is -4.59. The Morgan fingerprint density at radius 2 is 1.90 bits per heavy atom. The molecule has 2 aliphatic heterocycles. The van der Waals surface area contributed by atoms with Gasteiger partial charge >= 0.3 is 18.2 Å². The van der Waals surface area contributed by atoms with Gasteiger partial charge in [-0.05, 0) is 11.6 Å². The lowest BCUT2D eigenvalue weighted by atomic mass is 9.92. The number of urea groups is 1. The van der Waals surface area contributed by atoms with Crippen molar-refractivity contribution in [2.45, 2.75) is 12.2 Å². The zero-order chi connectivity index (χ0) is 15.2. The smallest absolute Gasteiger partial charge is 0.416 e. The summed E-state index contributed by atoms with van der Waals surface area (Å²) in [4.78, 5) is 23.3. The number of carbonyl (C=O) groups is 2. The molecule has 0 spiro atoms. The third-order valence-corrected chi connectivity index (χ3v) is 3.30. The number of nitrogens with one attached hydrogen (secondary N) is 2. The van der Waals surface area contributed by atoms with Crippen LogP contribution >= 0.6 is 0 Å². The van der Waals surface area contributed by atoms with Crippen LogP contribution in [0.4, 0.5) is 18.0 Å². The molecule has 1 atom stereocenters. The van der Waals surface area contributed by atoms with Crippen LogP contribution in [-0.4, -0.2) is 18.6 Å². The van der Waals surface area contributed by atoms with Crippen molar-refractivity contribution < 1.29 is 27.5 Å². The van der Waals surface area contributed by atoms with Crippen molar-refractivity contribution in [2.75, 3.05) is 6.61 Å². The molecule has 1 aromatic carbocycles. The fourth-order valence-corrected chi connectivity index (χ4v) is 2.43. The molecular weight excluding hydrogens is 289 g/mol. The number of amides is 2. The van der Waals surface area contributed by atoms with Gasteiger partial charge < -0.3 is 15.4 Å². The van der Waals surface area contributed by atoms with Gasteiger partial charge in [0.05, 0.1) is 22.9 Å². The van der Waals surface area contributed by atoms with Crippen LogP contribution in [0.2, 0.25) is 0 Å². The van der Waals surface area contributed by atoms with E-state index in [0.29, 0.717) is 0 Å². The highest BCUT2D eigenvalue weighted by Gasteiger charge is 2.42. The second kappa shape index (κ2) is 4.51. The fraction of sp³-hybridized carbons (Fsp3) is 0.231. The first kappa shape index (κ1) is 13.5. The molecule has 21 heavy (non-hydrogen) atoms. The summed E-state index contributed by atoms with van der Waals surface area (Å²) in [5.74, 6) is -0.737. The molecule has 0 fully saturated rings. The maximum absolute atomic E-state index is 13.1. The van der Waals surface area contributed by atoms with Crippen LogP contribution in [0.1, 0.15) is 17.2 Å². The van der Waals surface area contributed by atoms with Gasteiger partial charge in [-0.25, -0.2) is 9.59 Å². The van der Waals surface area contributed by atoms with Gasteiger partial charge in [-0.2, -0.15) is 13.2 Å². The molecule has 0 bridgehead atoms. The Bertz CT molecular complexity index is 667. The SMILES string of the molecule is O=C1NC2=C(C(=O)OC2)[C@@H](c2ccccc2C(F)(F)F)N1. The lowest BCUT2D eigenvalue weighted by molar-refractivity contribution is -0.139. The Morgan fingerprint density at radius 3 is 2.62 bits per heavy atom. The Balaban J connectivity index is 2.14. The summed E-state index contributed by atoms with van der Waals surface area (Å²) in [6.45, 7) is -0.147. The third kappa shape index (κ3) is 2.22. The van der Waals surface area contributed by atoms with Gasteiger partial charge in [-0.15, -0.1) is 0 Å².